The van der Waals surface area contributed by atoms with E-state index in [-0.39, 0.29) is 12.4 Å². The standard InChI is InChI=1S/C21H21NO5S.CH2O2/c23-19(14-3-1-2-13-11-26-12-15(13)14)22-7-5-21(6-8-22)16-10-18(20(24)25)28-17(16)4-9-27-21;2-1-3/h1-3,10H,4-9,11-12H2,(H,24,25);1H,(H,2,3). The number of likely N-dealkylation sites (tertiary alicyclic amines) is 1. The van der Waals surface area contributed by atoms with Gasteiger partial charge in [-0.2, -0.15) is 0 Å². The zero-order chi connectivity index (χ0) is 22.0. The highest BCUT2D eigenvalue weighted by Crippen LogP contribution is 2.44. The van der Waals surface area contributed by atoms with Crippen LogP contribution >= 0.6 is 11.3 Å². The second kappa shape index (κ2) is 8.78. The van der Waals surface area contributed by atoms with Crippen molar-refractivity contribution in [3.05, 3.63) is 56.3 Å². The molecule has 1 aromatic carbocycles. The van der Waals surface area contributed by atoms with Crippen LogP contribution in [0.2, 0.25) is 0 Å². The van der Waals surface area contributed by atoms with Crippen LogP contribution in [0.25, 0.3) is 0 Å². The van der Waals surface area contributed by atoms with Gasteiger partial charge in [0.25, 0.3) is 12.4 Å². The number of carboxylic acids is 1. The third-order valence-corrected chi connectivity index (χ3v) is 7.27. The van der Waals surface area contributed by atoms with Gasteiger partial charge in [0.1, 0.15) is 4.88 Å². The minimum Gasteiger partial charge on any atom is -0.483 e. The van der Waals surface area contributed by atoms with E-state index in [9.17, 15) is 14.7 Å². The van der Waals surface area contributed by atoms with Crippen molar-refractivity contribution < 1.29 is 34.1 Å². The van der Waals surface area contributed by atoms with Crippen molar-refractivity contribution >= 4 is 29.7 Å². The number of piperidine rings is 1. The molecule has 164 valence electrons. The maximum absolute atomic E-state index is 13.1. The zero-order valence-corrected chi connectivity index (χ0v) is 17.7. The van der Waals surface area contributed by atoms with Gasteiger partial charge in [-0.15, -0.1) is 11.3 Å². The normalized spacial score (nSPS) is 18.5. The van der Waals surface area contributed by atoms with E-state index in [1.165, 1.54) is 11.3 Å². The van der Waals surface area contributed by atoms with Gasteiger partial charge in [0, 0.05) is 30.0 Å². The van der Waals surface area contributed by atoms with Crippen molar-refractivity contribution in [3.63, 3.8) is 0 Å². The smallest absolute Gasteiger partial charge is 0.345 e. The minimum absolute atomic E-state index is 0.0461. The van der Waals surface area contributed by atoms with Crippen molar-refractivity contribution in [1.82, 2.24) is 4.90 Å². The molecule has 2 N–H and O–H groups in total. The fourth-order valence-corrected chi connectivity index (χ4v) is 5.65. The Morgan fingerprint density at radius 3 is 2.65 bits per heavy atom. The molecule has 0 atom stereocenters. The minimum atomic E-state index is -0.887. The molecule has 0 bridgehead atoms. The van der Waals surface area contributed by atoms with Crippen molar-refractivity contribution in [2.45, 2.75) is 38.1 Å². The number of fused-ring (bicyclic) bond motifs is 3. The highest BCUT2D eigenvalue weighted by atomic mass is 32.1. The van der Waals surface area contributed by atoms with E-state index in [2.05, 4.69) is 0 Å². The molecule has 1 saturated heterocycles. The van der Waals surface area contributed by atoms with Crippen LogP contribution in [0.3, 0.4) is 0 Å². The molecule has 0 saturated carbocycles. The molecule has 1 fully saturated rings. The molecular formula is C22H23NO7S. The Hall–Kier alpha value is -2.75. The van der Waals surface area contributed by atoms with Crippen LogP contribution in [-0.4, -0.2) is 53.2 Å². The van der Waals surface area contributed by atoms with Crippen molar-refractivity contribution in [2.75, 3.05) is 19.7 Å². The van der Waals surface area contributed by atoms with E-state index in [1.807, 2.05) is 23.1 Å². The monoisotopic (exact) mass is 445 g/mol. The average Bonchev–Trinajstić information content (AvgIpc) is 3.42. The fourth-order valence-electron chi connectivity index (χ4n) is 4.58. The van der Waals surface area contributed by atoms with E-state index < -0.39 is 11.6 Å². The molecule has 5 rings (SSSR count). The third kappa shape index (κ3) is 3.96. The predicted molar refractivity (Wildman–Crippen MR) is 111 cm³/mol. The highest BCUT2D eigenvalue weighted by molar-refractivity contribution is 7.14. The molecule has 4 heterocycles. The molecule has 8 nitrogen and oxygen atoms in total. The lowest BCUT2D eigenvalue weighted by Gasteiger charge is -2.44. The summed E-state index contributed by atoms with van der Waals surface area (Å²) in [6, 6.07) is 7.59. The lowest BCUT2D eigenvalue weighted by molar-refractivity contribution is -0.122. The average molecular weight is 445 g/mol. The molecule has 3 aliphatic rings. The van der Waals surface area contributed by atoms with Crippen LogP contribution < -0.4 is 0 Å². The summed E-state index contributed by atoms with van der Waals surface area (Å²) in [7, 11) is 0. The lowest BCUT2D eigenvalue weighted by atomic mass is 9.82. The van der Waals surface area contributed by atoms with Gasteiger partial charge in [-0.1, -0.05) is 12.1 Å². The first-order chi connectivity index (χ1) is 15.0. The van der Waals surface area contributed by atoms with Gasteiger partial charge < -0.3 is 24.6 Å². The third-order valence-electron chi connectivity index (χ3n) is 6.08. The molecule has 1 aromatic heterocycles. The predicted octanol–water partition coefficient (Wildman–Crippen LogP) is 2.88. The number of benzene rings is 1. The quantitative estimate of drug-likeness (QED) is 0.684. The number of ether oxygens (including phenoxy) is 2. The van der Waals surface area contributed by atoms with Crippen molar-refractivity contribution in [1.29, 1.82) is 0 Å². The summed E-state index contributed by atoms with van der Waals surface area (Å²) in [6.45, 7) is 2.61. The maximum Gasteiger partial charge on any atom is 0.345 e. The van der Waals surface area contributed by atoms with Crippen molar-refractivity contribution in [3.8, 4) is 0 Å². The van der Waals surface area contributed by atoms with Crippen molar-refractivity contribution in [2.24, 2.45) is 0 Å². The summed E-state index contributed by atoms with van der Waals surface area (Å²) in [5, 5.41) is 16.2. The summed E-state index contributed by atoms with van der Waals surface area (Å²) < 4.78 is 11.7. The Kier molecular flexibility index (Phi) is 6.08. The number of carbonyl (C=O) groups excluding carboxylic acids is 1. The number of nitrogens with zero attached hydrogens (tertiary/aromatic N) is 1. The maximum atomic E-state index is 13.1. The van der Waals surface area contributed by atoms with Gasteiger partial charge in [-0.3, -0.25) is 9.59 Å². The number of carboxylic acid groups (broad SMARTS) is 2. The number of hydrogen-bond donors (Lipinski definition) is 2. The number of amides is 1. The first-order valence-corrected chi connectivity index (χ1v) is 10.9. The molecule has 3 aliphatic heterocycles. The number of thiophene rings is 1. The van der Waals surface area contributed by atoms with Gasteiger partial charge in [0.2, 0.25) is 0 Å². The largest absolute Gasteiger partial charge is 0.483 e. The van der Waals surface area contributed by atoms with Crippen LogP contribution in [-0.2, 0) is 39.5 Å². The van der Waals surface area contributed by atoms with Gasteiger partial charge in [0.05, 0.1) is 25.4 Å². The second-order valence-corrected chi connectivity index (χ2v) is 8.82. The first-order valence-electron chi connectivity index (χ1n) is 10.0. The highest BCUT2D eigenvalue weighted by Gasteiger charge is 2.43. The number of rotatable bonds is 2. The topological polar surface area (TPSA) is 113 Å². The first kappa shape index (κ1) is 21.5. The van der Waals surface area contributed by atoms with Crippen LogP contribution in [0.5, 0.6) is 0 Å². The van der Waals surface area contributed by atoms with E-state index in [4.69, 9.17) is 19.4 Å². The Bertz CT molecular complexity index is 1010. The van der Waals surface area contributed by atoms with Crippen LogP contribution in [0, 0.1) is 0 Å². The SMILES string of the molecule is O=C(O)c1cc2c(s1)CCOC21CCN(C(=O)c2cccc3c2COC3)CC1.O=CO. The second-order valence-electron chi connectivity index (χ2n) is 7.68. The molecule has 2 aromatic rings. The van der Waals surface area contributed by atoms with E-state index in [0.29, 0.717) is 50.6 Å². The fraction of sp³-hybridized carbons (Fsp3) is 0.409. The number of carbonyl (C=O) groups is 3. The molecule has 9 heteroatoms. The molecule has 1 amide bonds. The van der Waals surface area contributed by atoms with Gasteiger partial charge in [-0.05, 0) is 41.7 Å². The Balaban J connectivity index is 0.000000730. The van der Waals surface area contributed by atoms with Crippen LogP contribution in [0.15, 0.2) is 24.3 Å². The van der Waals surface area contributed by atoms with E-state index in [0.717, 1.165) is 33.6 Å². The molecular weight excluding hydrogens is 422 g/mol. The van der Waals surface area contributed by atoms with E-state index in [1.54, 1.807) is 6.07 Å². The molecule has 0 aliphatic carbocycles. The zero-order valence-electron chi connectivity index (χ0n) is 16.8. The number of hydrogen-bond acceptors (Lipinski definition) is 6. The molecule has 1 spiro atoms. The molecule has 0 radical (unpaired) electrons. The lowest BCUT2D eigenvalue weighted by Crippen LogP contribution is -2.48. The Labute approximate surface area is 183 Å². The van der Waals surface area contributed by atoms with Gasteiger partial charge >= 0.3 is 5.97 Å². The van der Waals surface area contributed by atoms with Gasteiger partial charge in [0.15, 0.2) is 0 Å². The Morgan fingerprint density at radius 2 is 1.94 bits per heavy atom. The summed E-state index contributed by atoms with van der Waals surface area (Å²) >= 11 is 1.35. The van der Waals surface area contributed by atoms with Crippen LogP contribution in [0.4, 0.5) is 0 Å². The molecule has 0 unspecified atom stereocenters. The Morgan fingerprint density at radius 1 is 1.19 bits per heavy atom. The summed E-state index contributed by atoms with van der Waals surface area (Å²) in [4.78, 5) is 36.2. The number of aromatic carboxylic acids is 1. The van der Waals surface area contributed by atoms with Gasteiger partial charge in [-0.25, -0.2) is 4.79 Å². The van der Waals surface area contributed by atoms with Crippen LogP contribution in [0.1, 0.15) is 54.4 Å². The summed E-state index contributed by atoms with van der Waals surface area (Å²) in [5.41, 5.74) is 3.39. The summed E-state index contributed by atoms with van der Waals surface area (Å²) in [5.74, 6) is -0.841. The summed E-state index contributed by atoms with van der Waals surface area (Å²) in [6.07, 6.45) is 2.13. The molecule has 31 heavy (non-hydrogen) atoms. The van der Waals surface area contributed by atoms with E-state index >= 15 is 0 Å².